The molecular weight excluding hydrogens is 374 g/mol. The van der Waals surface area contributed by atoms with Gasteiger partial charge in [0.25, 0.3) is 0 Å². The number of anilines is 1. The predicted molar refractivity (Wildman–Crippen MR) is 86.3 cm³/mol. The van der Waals surface area contributed by atoms with E-state index in [0.717, 1.165) is 24.3 Å². The van der Waals surface area contributed by atoms with Crippen LogP contribution < -0.4 is 5.32 Å². The Labute approximate surface area is 148 Å². The molecule has 134 valence electrons. The standard InChI is InChI=1S/C16H9F4N3O2S/c1-26-15-12(13(24)8-5-21-6-22-11(8)14(15)25)23-10-4-7(16(18,19)20)2-3-9(10)17/h2-6,23H,1H3. The summed E-state index contributed by atoms with van der Waals surface area (Å²) in [4.78, 5) is 32.5. The van der Waals surface area contributed by atoms with Crippen LogP contribution in [0.4, 0.5) is 23.2 Å². The number of carbonyl (C=O) groups excluding carboxylic acids is 2. The molecule has 1 N–H and O–H groups in total. The van der Waals surface area contributed by atoms with Gasteiger partial charge in [0.15, 0.2) is 0 Å². The van der Waals surface area contributed by atoms with Crippen molar-refractivity contribution in [3.05, 3.63) is 64.0 Å². The minimum Gasteiger partial charge on any atom is -0.349 e. The van der Waals surface area contributed by atoms with Crippen LogP contribution in [-0.4, -0.2) is 27.8 Å². The monoisotopic (exact) mass is 383 g/mol. The van der Waals surface area contributed by atoms with Crippen LogP contribution in [0.1, 0.15) is 26.4 Å². The number of nitrogens with one attached hydrogen (secondary N) is 1. The molecule has 1 aliphatic carbocycles. The van der Waals surface area contributed by atoms with Gasteiger partial charge in [-0.15, -0.1) is 11.8 Å². The number of rotatable bonds is 3. The van der Waals surface area contributed by atoms with Gasteiger partial charge in [-0.05, 0) is 24.5 Å². The highest BCUT2D eigenvalue weighted by molar-refractivity contribution is 8.03. The summed E-state index contributed by atoms with van der Waals surface area (Å²) >= 11 is 0.906. The zero-order valence-electron chi connectivity index (χ0n) is 13.0. The van der Waals surface area contributed by atoms with Crippen LogP contribution in [-0.2, 0) is 6.18 Å². The van der Waals surface area contributed by atoms with E-state index < -0.39 is 34.8 Å². The summed E-state index contributed by atoms with van der Waals surface area (Å²) in [5, 5.41) is 2.34. The van der Waals surface area contributed by atoms with E-state index in [4.69, 9.17) is 0 Å². The number of carbonyl (C=O) groups is 2. The molecule has 0 radical (unpaired) electrons. The van der Waals surface area contributed by atoms with Gasteiger partial charge in [-0.25, -0.2) is 14.4 Å². The Bertz CT molecular complexity index is 957. The second kappa shape index (κ2) is 6.52. The molecule has 1 heterocycles. The Balaban J connectivity index is 2.09. The highest BCUT2D eigenvalue weighted by Gasteiger charge is 2.35. The van der Waals surface area contributed by atoms with Crippen LogP contribution in [0.2, 0.25) is 0 Å². The molecule has 0 saturated carbocycles. The zero-order valence-corrected chi connectivity index (χ0v) is 13.8. The predicted octanol–water partition coefficient (Wildman–Crippen LogP) is 3.70. The molecule has 0 unspecified atom stereocenters. The Morgan fingerprint density at radius 1 is 1.15 bits per heavy atom. The average molecular weight is 383 g/mol. The van der Waals surface area contributed by atoms with Crippen molar-refractivity contribution in [2.75, 3.05) is 11.6 Å². The maximum atomic E-state index is 14.0. The van der Waals surface area contributed by atoms with Crippen molar-refractivity contribution in [1.82, 2.24) is 9.97 Å². The van der Waals surface area contributed by atoms with Crippen molar-refractivity contribution in [1.29, 1.82) is 0 Å². The maximum absolute atomic E-state index is 14.0. The average Bonchev–Trinajstić information content (AvgIpc) is 2.60. The molecule has 5 nitrogen and oxygen atoms in total. The summed E-state index contributed by atoms with van der Waals surface area (Å²) in [5.74, 6) is -2.30. The maximum Gasteiger partial charge on any atom is 0.416 e. The van der Waals surface area contributed by atoms with Gasteiger partial charge in [0.2, 0.25) is 11.6 Å². The number of fused-ring (bicyclic) bond motifs is 1. The third-order valence-corrected chi connectivity index (χ3v) is 4.39. The number of ketones is 2. The molecule has 0 bridgehead atoms. The number of aromatic nitrogens is 2. The van der Waals surface area contributed by atoms with Gasteiger partial charge < -0.3 is 5.32 Å². The fraction of sp³-hybridized carbons (Fsp3) is 0.125. The minimum absolute atomic E-state index is 0.0713. The molecule has 0 fully saturated rings. The molecule has 2 aromatic rings. The van der Waals surface area contributed by atoms with E-state index in [9.17, 15) is 27.2 Å². The number of benzene rings is 1. The number of alkyl halides is 3. The van der Waals surface area contributed by atoms with E-state index in [0.29, 0.717) is 18.2 Å². The first-order valence-corrected chi connectivity index (χ1v) is 8.28. The molecule has 1 aromatic heterocycles. The van der Waals surface area contributed by atoms with Gasteiger partial charge in [-0.1, -0.05) is 0 Å². The van der Waals surface area contributed by atoms with Gasteiger partial charge in [0.05, 0.1) is 21.7 Å². The van der Waals surface area contributed by atoms with Gasteiger partial charge >= 0.3 is 6.18 Å². The van der Waals surface area contributed by atoms with Crippen molar-refractivity contribution in [2.45, 2.75) is 6.18 Å². The van der Waals surface area contributed by atoms with E-state index in [-0.39, 0.29) is 21.9 Å². The topological polar surface area (TPSA) is 72.0 Å². The highest BCUT2D eigenvalue weighted by Crippen LogP contribution is 2.35. The van der Waals surface area contributed by atoms with Crippen molar-refractivity contribution in [3.8, 4) is 0 Å². The number of nitrogens with zero attached hydrogens (tertiary/aromatic N) is 2. The molecule has 10 heteroatoms. The van der Waals surface area contributed by atoms with Gasteiger partial charge in [-0.3, -0.25) is 9.59 Å². The highest BCUT2D eigenvalue weighted by atomic mass is 32.2. The van der Waals surface area contributed by atoms with Gasteiger partial charge in [0, 0.05) is 6.20 Å². The first-order chi connectivity index (χ1) is 12.2. The number of hydrogen-bond acceptors (Lipinski definition) is 6. The largest absolute Gasteiger partial charge is 0.416 e. The summed E-state index contributed by atoms with van der Waals surface area (Å²) in [6, 6.07) is 1.76. The Morgan fingerprint density at radius 3 is 2.54 bits per heavy atom. The second-order valence-electron chi connectivity index (χ2n) is 5.17. The fourth-order valence-corrected chi connectivity index (χ4v) is 3.01. The SMILES string of the molecule is CSC1=C(Nc2cc(C(F)(F)F)ccc2F)C(=O)c2cncnc2C1=O. The Morgan fingerprint density at radius 2 is 1.88 bits per heavy atom. The van der Waals surface area contributed by atoms with Gasteiger partial charge in [0.1, 0.15) is 23.5 Å². The molecule has 0 amide bonds. The molecule has 0 saturated heterocycles. The second-order valence-corrected chi connectivity index (χ2v) is 5.99. The van der Waals surface area contributed by atoms with Crippen LogP contribution in [0.5, 0.6) is 0 Å². The van der Waals surface area contributed by atoms with Crippen molar-refractivity contribution >= 4 is 29.0 Å². The first-order valence-electron chi connectivity index (χ1n) is 7.05. The summed E-state index contributed by atoms with van der Waals surface area (Å²) in [6.45, 7) is 0. The van der Waals surface area contributed by atoms with Crippen LogP contribution in [0.3, 0.4) is 0 Å². The lowest BCUT2D eigenvalue weighted by Crippen LogP contribution is -2.26. The third kappa shape index (κ3) is 3.07. The number of thioether (sulfide) groups is 1. The molecule has 1 aliphatic rings. The van der Waals surface area contributed by atoms with E-state index in [2.05, 4.69) is 15.3 Å². The van der Waals surface area contributed by atoms with Gasteiger partial charge in [-0.2, -0.15) is 13.2 Å². The van der Waals surface area contributed by atoms with Crippen molar-refractivity contribution < 1.29 is 27.2 Å². The lowest BCUT2D eigenvalue weighted by molar-refractivity contribution is -0.137. The summed E-state index contributed by atoms with van der Waals surface area (Å²) in [5.41, 5.74) is -2.19. The van der Waals surface area contributed by atoms with Crippen LogP contribution in [0.15, 0.2) is 41.3 Å². The van der Waals surface area contributed by atoms with E-state index in [1.54, 1.807) is 0 Å². The number of allylic oxidation sites excluding steroid dienone is 2. The van der Waals surface area contributed by atoms with Crippen LogP contribution in [0, 0.1) is 5.82 Å². The van der Waals surface area contributed by atoms with E-state index in [1.165, 1.54) is 6.26 Å². The molecule has 0 atom stereocenters. The summed E-state index contributed by atoms with van der Waals surface area (Å²) < 4.78 is 52.5. The first kappa shape index (κ1) is 18.1. The molecule has 26 heavy (non-hydrogen) atoms. The third-order valence-electron chi connectivity index (χ3n) is 3.59. The number of halogens is 4. The summed E-state index contributed by atoms with van der Waals surface area (Å²) in [6.07, 6.45) is -0.943. The summed E-state index contributed by atoms with van der Waals surface area (Å²) in [7, 11) is 0. The minimum atomic E-state index is -4.69. The molecule has 0 spiro atoms. The normalized spacial score (nSPS) is 14.5. The van der Waals surface area contributed by atoms with E-state index >= 15 is 0 Å². The smallest absolute Gasteiger partial charge is 0.349 e. The van der Waals surface area contributed by atoms with Crippen LogP contribution in [0.25, 0.3) is 0 Å². The zero-order chi connectivity index (χ0) is 19.1. The lowest BCUT2D eigenvalue weighted by Gasteiger charge is -2.20. The lowest BCUT2D eigenvalue weighted by atomic mass is 9.98. The number of hydrogen-bond donors (Lipinski definition) is 1. The molecule has 3 rings (SSSR count). The number of Topliss-reactive ketones (excluding diaryl/α,β-unsaturated/α-hetero) is 2. The molecule has 0 aliphatic heterocycles. The molecular formula is C16H9F4N3O2S. The van der Waals surface area contributed by atoms with Crippen molar-refractivity contribution in [3.63, 3.8) is 0 Å². The van der Waals surface area contributed by atoms with E-state index in [1.807, 2.05) is 0 Å². The Kier molecular flexibility index (Phi) is 4.53. The van der Waals surface area contributed by atoms with Crippen molar-refractivity contribution in [2.24, 2.45) is 0 Å². The molecule has 1 aromatic carbocycles. The van der Waals surface area contributed by atoms with Crippen LogP contribution >= 0.6 is 11.8 Å². The Hall–Kier alpha value is -2.75. The fourth-order valence-electron chi connectivity index (χ4n) is 2.38. The quantitative estimate of drug-likeness (QED) is 0.815.